The molecule has 2 rings (SSSR count). The number of hydrogen-bond acceptors (Lipinski definition) is 2. The SMILES string of the molecule is Cc1c(N)cccc1NC(=O)/C=C/c1ccc(Cl)cc1Cl. The van der Waals surface area contributed by atoms with E-state index in [0.29, 0.717) is 21.4 Å². The van der Waals surface area contributed by atoms with Gasteiger partial charge in [-0.15, -0.1) is 0 Å². The zero-order valence-electron chi connectivity index (χ0n) is 11.4. The molecule has 3 nitrogen and oxygen atoms in total. The molecule has 0 aliphatic carbocycles. The molecule has 3 N–H and O–H groups in total. The minimum Gasteiger partial charge on any atom is -0.398 e. The van der Waals surface area contributed by atoms with E-state index in [4.69, 9.17) is 28.9 Å². The van der Waals surface area contributed by atoms with Crippen molar-refractivity contribution in [2.45, 2.75) is 6.92 Å². The normalized spacial score (nSPS) is 10.8. The zero-order valence-corrected chi connectivity index (χ0v) is 12.9. The van der Waals surface area contributed by atoms with Gasteiger partial charge < -0.3 is 11.1 Å². The molecule has 0 saturated carbocycles. The van der Waals surface area contributed by atoms with Crippen LogP contribution in [0.3, 0.4) is 0 Å². The summed E-state index contributed by atoms with van der Waals surface area (Å²) in [5.74, 6) is -0.255. The van der Waals surface area contributed by atoms with Crippen LogP contribution in [0.15, 0.2) is 42.5 Å². The van der Waals surface area contributed by atoms with Gasteiger partial charge in [-0.2, -0.15) is 0 Å². The van der Waals surface area contributed by atoms with E-state index >= 15 is 0 Å². The zero-order chi connectivity index (χ0) is 15.4. The fourth-order valence-electron chi connectivity index (χ4n) is 1.77. The molecule has 0 heterocycles. The fourth-order valence-corrected chi connectivity index (χ4v) is 2.24. The van der Waals surface area contributed by atoms with Gasteiger partial charge in [-0.25, -0.2) is 0 Å². The molecule has 0 saturated heterocycles. The minimum absolute atomic E-state index is 0.255. The number of nitrogen functional groups attached to an aromatic ring is 1. The van der Waals surface area contributed by atoms with Crippen LogP contribution < -0.4 is 11.1 Å². The molecule has 0 bridgehead atoms. The van der Waals surface area contributed by atoms with Crippen molar-refractivity contribution in [3.63, 3.8) is 0 Å². The molecule has 2 aromatic carbocycles. The number of rotatable bonds is 3. The van der Waals surface area contributed by atoms with Crippen LogP contribution in [0, 0.1) is 6.92 Å². The average Bonchev–Trinajstić information content (AvgIpc) is 2.43. The number of benzene rings is 2. The summed E-state index contributed by atoms with van der Waals surface area (Å²) < 4.78 is 0. The summed E-state index contributed by atoms with van der Waals surface area (Å²) >= 11 is 11.9. The third-order valence-electron chi connectivity index (χ3n) is 3.01. The maximum atomic E-state index is 11.9. The second-order valence-electron chi connectivity index (χ2n) is 4.51. The Morgan fingerprint density at radius 1 is 1.24 bits per heavy atom. The summed E-state index contributed by atoms with van der Waals surface area (Å²) in [6.45, 7) is 1.85. The largest absolute Gasteiger partial charge is 0.398 e. The predicted molar refractivity (Wildman–Crippen MR) is 89.7 cm³/mol. The van der Waals surface area contributed by atoms with E-state index in [1.807, 2.05) is 6.92 Å². The molecule has 1 amide bonds. The van der Waals surface area contributed by atoms with E-state index in [9.17, 15) is 4.79 Å². The second kappa shape index (κ2) is 6.66. The quantitative estimate of drug-likeness (QED) is 0.644. The first kappa shape index (κ1) is 15.4. The molecule has 0 radical (unpaired) electrons. The average molecular weight is 321 g/mol. The Balaban J connectivity index is 2.11. The van der Waals surface area contributed by atoms with Gasteiger partial charge in [0.15, 0.2) is 0 Å². The number of nitrogens with two attached hydrogens (primary N) is 1. The van der Waals surface area contributed by atoms with Gasteiger partial charge in [-0.05, 0) is 48.4 Å². The Kier molecular flexibility index (Phi) is 4.89. The number of halogens is 2. The summed E-state index contributed by atoms with van der Waals surface area (Å²) in [4.78, 5) is 11.9. The van der Waals surface area contributed by atoms with E-state index in [2.05, 4.69) is 5.32 Å². The predicted octanol–water partition coefficient (Wildman–Crippen LogP) is 4.54. The van der Waals surface area contributed by atoms with Gasteiger partial charge in [0, 0.05) is 27.5 Å². The van der Waals surface area contributed by atoms with Crippen molar-refractivity contribution >= 4 is 46.6 Å². The lowest BCUT2D eigenvalue weighted by Crippen LogP contribution is -2.09. The molecular weight excluding hydrogens is 307 g/mol. The summed E-state index contributed by atoms with van der Waals surface area (Å²) in [5, 5.41) is 3.82. The van der Waals surface area contributed by atoms with E-state index in [1.165, 1.54) is 6.08 Å². The third kappa shape index (κ3) is 4.00. The fraction of sp³-hybridized carbons (Fsp3) is 0.0625. The first-order valence-corrected chi connectivity index (χ1v) is 7.02. The van der Waals surface area contributed by atoms with Crippen LogP contribution in [-0.4, -0.2) is 5.91 Å². The van der Waals surface area contributed by atoms with Gasteiger partial charge in [-0.3, -0.25) is 4.79 Å². The van der Waals surface area contributed by atoms with Gasteiger partial charge in [0.05, 0.1) is 0 Å². The number of anilines is 2. The van der Waals surface area contributed by atoms with Crippen LogP contribution in [-0.2, 0) is 4.79 Å². The Morgan fingerprint density at radius 2 is 2.00 bits per heavy atom. The summed E-state index contributed by atoms with van der Waals surface area (Å²) in [5.41, 5.74) is 8.68. The van der Waals surface area contributed by atoms with E-state index in [-0.39, 0.29) is 5.91 Å². The molecule has 21 heavy (non-hydrogen) atoms. The number of carbonyl (C=O) groups is 1. The van der Waals surface area contributed by atoms with Crippen molar-refractivity contribution in [3.8, 4) is 0 Å². The van der Waals surface area contributed by atoms with Gasteiger partial charge in [0.1, 0.15) is 0 Å². The summed E-state index contributed by atoms with van der Waals surface area (Å²) in [6.07, 6.45) is 3.05. The molecule has 0 unspecified atom stereocenters. The van der Waals surface area contributed by atoms with Crippen molar-refractivity contribution in [3.05, 3.63) is 63.6 Å². The van der Waals surface area contributed by atoms with Gasteiger partial charge in [0.25, 0.3) is 0 Å². The molecule has 108 valence electrons. The lowest BCUT2D eigenvalue weighted by molar-refractivity contribution is -0.111. The summed E-state index contributed by atoms with van der Waals surface area (Å²) in [7, 11) is 0. The monoisotopic (exact) mass is 320 g/mol. The van der Waals surface area contributed by atoms with Crippen molar-refractivity contribution in [2.24, 2.45) is 0 Å². The Hall–Kier alpha value is -1.97. The number of amides is 1. The highest BCUT2D eigenvalue weighted by Crippen LogP contribution is 2.23. The highest BCUT2D eigenvalue weighted by molar-refractivity contribution is 6.35. The molecular formula is C16H14Cl2N2O. The lowest BCUT2D eigenvalue weighted by atomic mass is 10.1. The Bertz CT molecular complexity index is 711. The van der Waals surface area contributed by atoms with E-state index in [0.717, 1.165) is 11.1 Å². The van der Waals surface area contributed by atoms with Gasteiger partial charge in [-0.1, -0.05) is 35.3 Å². The smallest absolute Gasteiger partial charge is 0.248 e. The van der Waals surface area contributed by atoms with Crippen molar-refractivity contribution in [1.82, 2.24) is 0 Å². The van der Waals surface area contributed by atoms with Crippen LogP contribution in [0.4, 0.5) is 11.4 Å². The Morgan fingerprint density at radius 3 is 2.71 bits per heavy atom. The highest BCUT2D eigenvalue weighted by Gasteiger charge is 2.04. The summed E-state index contributed by atoms with van der Waals surface area (Å²) in [6, 6.07) is 10.5. The van der Waals surface area contributed by atoms with E-state index in [1.54, 1.807) is 42.5 Å². The van der Waals surface area contributed by atoms with Crippen LogP contribution in [0.25, 0.3) is 6.08 Å². The second-order valence-corrected chi connectivity index (χ2v) is 5.35. The van der Waals surface area contributed by atoms with Crippen LogP contribution >= 0.6 is 23.2 Å². The van der Waals surface area contributed by atoms with Crippen LogP contribution in [0.5, 0.6) is 0 Å². The van der Waals surface area contributed by atoms with E-state index < -0.39 is 0 Å². The molecule has 2 aromatic rings. The molecule has 0 atom stereocenters. The molecule has 5 heteroatoms. The minimum atomic E-state index is -0.255. The van der Waals surface area contributed by atoms with Gasteiger partial charge in [0.2, 0.25) is 5.91 Å². The van der Waals surface area contributed by atoms with Crippen molar-refractivity contribution < 1.29 is 4.79 Å². The van der Waals surface area contributed by atoms with Gasteiger partial charge >= 0.3 is 0 Å². The maximum Gasteiger partial charge on any atom is 0.248 e. The first-order valence-electron chi connectivity index (χ1n) is 6.26. The molecule has 0 fully saturated rings. The maximum absolute atomic E-state index is 11.9. The number of carbonyl (C=O) groups excluding carboxylic acids is 1. The molecule has 0 aliphatic heterocycles. The highest BCUT2D eigenvalue weighted by atomic mass is 35.5. The number of nitrogens with one attached hydrogen (secondary N) is 1. The Labute approximate surface area is 133 Å². The molecule has 0 aromatic heterocycles. The third-order valence-corrected chi connectivity index (χ3v) is 3.57. The van der Waals surface area contributed by atoms with Crippen molar-refractivity contribution in [1.29, 1.82) is 0 Å². The van der Waals surface area contributed by atoms with Crippen LogP contribution in [0.1, 0.15) is 11.1 Å². The first-order chi connectivity index (χ1) is 9.97. The lowest BCUT2D eigenvalue weighted by Gasteiger charge is -2.08. The molecule has 0 spiro atoms. The standard InChI is InChI=1S/C16H14Cl2N2O/c1-10-14(19)3-2-4-15(10)20-16(21)8-6-11-5-7-12(17)9-13(11)18/h2-9H,19H2,1H3,(H,20,21)/b8-6+. The molecule has 0 aliphatic rings. The topological polar surface area (TPSA) is 55.1 Å². The number of hydrogen-bond donors (Lipinski definition) is 2. The van der Waals surface area contributed by atoms with Crippen molar-refractivity contribution in [2.75, 3.05) is 11.1 Å². The van der Waals surface area contributed by atoms with Crippen LogP contribution in [0.2, 0.25) is 10.0 Å².